The molecule has 1 heterocycles. The van der Waals surface area contributed by atoms with E-state index in [0.717, 1.165) is 4.47 Å². The Morgan fingerprint density at radius 1 is 1.29 bits per heavy atom. The van der Waals surface area contributed by atoms with Gasteiger partial charge in [0.15, 0.2) is 11.5 Å². The molecule has 2 N–H and O–H groups in total. The van der Waals surface area contributed by atoms with Crippen molar-refractivity contribution >= 4 is 27.8 Å². The van der Waals surface area contributed by atoms with Crippen LogP contribution in [0.25, 0.3) is 0 Å². The van der Waals surface area contributed by atoms with Crippen LogP contribution >= 0.6 is 15.9 Å². The van der Waals surface area contributed by atoms with Crippen molar-refractivity contribution in [2.24, 2.45) is 0 Å². The fraction of sp³-hybridized carbons (Fsp3) is 0.429. The van der Waals surface area contributed by atoms with Crippen LogP contribution in [0.1, 0.15) is 19.4 Å². The van der Waals surface area contributed by atoms with E-state index in [1.54, 1.807) is 12.1 Å². The van der Waals surface area contributed by atoms with Crippen molar-refractivity contribution < 1.29 is 24.2 Å². The van der Waals surface area contributed by atoms with Crippen LogP contribution in [0.15, 0.2) is 16.6 Å². The lowest BCUT2D eigenvalue weighted by Gasteiger charge is -2.22. The average Bonchev–Trinajstić information content (AvgIpc) is 2.38. The molecule has 1 aromatic rings. The van der Waals surface area contributed by atoms with Gasteiger partial charge in [0.2, 0.25) is 5.91 Å². The number of amides is 1. The van der Waals surface area contributed by atoms with Crippen LogP contribution in [0, 0.1) is 0 Å². The molecular formula is C14H16BrNO5. The molecule has 0 bridgehead atoms. The second-order valence-electron chi connectivity index (χ2n) is 5.24. The minimum absolute atomic E-state index is 0.0495. The highest BCUT2D eigenvalue weighted by Crippen LogP contribution is 2.35. The van der Waals surface area contributed by atoms with Gasteiger partial charge >= 0.3 is 5.97 Å². The fourth-order valence-electron chi connectivity index (χ4n) is 1.86. The molecule has 6 nitrogen and oxygen atoms in total. The third kappa shape index (κ3) is 3.66. The van der Waals surface area contributed by atoms with Crippen LogP contribution in [0.2, 0.25) is 0 Å². The number of hydrogen-bond acceptors (Lipinski definition) is 4. The quantitative estimate of drug-likeness (QED) is 0.857. The Morgan fingerprint density at radius 2 is 1.86 bits per heavy atom. The zero-order chi connectivity index (χ0) is 15.6. The second-order valence-corrected chi connectivity index (χ2v) is 6.10. The molecular weight excluding hydrogens is 342 g/mol. The lowest BCUT2D eigenvalue weighted by atomic mass is 10.0. The fourth-order valence-corrected chi connectivity index (χ4v) is 2.32. The van der Waals surface area contributed by atoms with Crippen LogP contribution in [0.5, 0.6) is 11.5 Å². The van der Waals surface area contributed by atoms with E-state index in [1.165, 1.54) is 13.8 Å². The van der Waals surface area contributed by atoms with Gasteiger partial charge in [0, 0.05) is 4.47 Å². The number of aliphatic carboxylic acids is 1. The Hall–Kier alpha value is -1.76. The third-order valence-electron chi connectivity index (χ3n) is 3.05. The second kappa shape index (κ2) is 5.93. The molecule has 21 heavy (non-hydrogen) atoms. The summed E-state index contributed by atoms with van der Waals surface area (Å²) < 4.78 is 11.6. The lowest BCUT2D eigenvalue weighted by molar-refractivity contribution is -0.145. The summed E-state index contributed by atoms with van der Waals surface area (Å²) in [5.41, 5.74) is -0.602. The first kappa shape index (κ1) is 15.6. The number of hydrogen-bond donors (Lipinski definition) is 2. The molecule has 0 fully saturated rings. The standard InChI is InChI=1S/C14H16BrNO5/c1-14(2,13(18)19)16-12(17)6-8-5-10-11(7-9(8)15)21-4-3-20-10/h5,7H,3-4,6H2,1-2H3,(H,16,17)(H,18,19). The van der Waals surface area contributed by atoms with Gasteiger partial charge in [-0.25, -0.2) is 4.79 Å². The molecule has 1 aliphatic heterocycles. The Balaban J connectivity index is 2.12. The topological polar surface area (TPSA) is 84.9 Å². The van der Waals surface area contributed by atoms with E-state index in [4.69, 9.17) is 14.6 Å². The molecule has 0 atom stereocenters. The molecule has 1 amide bonds. The molecule has 114 valence electrons. The predicted molar refractivity (Wildman–Crippen MR) is 78.7 cm³/mol. The van der Waals surface area contributed by atoms with E-state index >= 15 is 0 Å². The highest BCUT2D eigenvalue weighted by atomic mass is 79.9. The number of benzene rings is 1. The highest BCUT2D eigenvalue weighted by molar-refractivity contribution is 9.10. The molecule has 2 rings (SSSR count). The highest BCUT2D eigenvalue weighted by Gasteiger charge is 2.29. The molecule has 0 unspecified atom stereocenters. The van der Waals surface area contributed by atoms with Gasteiger partial charge in [0.05, 0.1) is 6.42 Å². The number of fused-ring (bicyclic) bond motifs is 1. The Labute approximate surface area is 130 Å². The molecule has 0 radical (unpaired) electrons. The minimum Gasteiger partial charge on any atom is -0.486 e. The first-order valence-corrected chi connectivity index (χ1v) is 7.21. The van der Waals surface area contributed by atoms with E-state index in [0.29, 0.717) is 30.3 Å². The largest absolute Gasteiger partial charge is 0.486 e. The van der Waals surface area contributed by atoms with E-state index in [2.05, 4.69) is 21.2 Å². The number of rotatable bonds is 4. The summed E-state index contributed by atoms with van der Waals surface area (Å²) in [5, 5.41) is 11.5. The maximum absolute atomic E-state index is 12.0. The maximum Gasteiger partial charge on any atom is 0.328 e. The summed E-state index contributed by atoms with van der Waals surface area (Å²) in [6.45, 7) is 3.83. The minimum atomic E-state index is -1.31. The molecule has 0 aromatic heterocycles. The summed E-state index contributed by atoms with van der Waals surface area (Å²) in [6.07, 6.45) is 0.0495. The van der Waals surface area contributed by atoms with Gasteiger partial charge in [-0.2, -0.15) is 0 Å². The SMILES string of the molecule is CC(C)(NC(=O)Cc1cc2c(cc1Br)OCCO2)C(=O)O. The maximum atomic E-state index is 12.0. The Kier molecular flexibility index (Phi) is 4.41. The monoisotopic (exact) mass is 357 g/mol. The lowest BCUT2D eigenvalue weighted by Crippen LogP contribution is -2.50. The van der Waals surface area contributed by atoms with Gasteiger partial charge in [-0.1, -0.05) is 15.9 Å². The van der Waals surface area contributed by atoms with E-state index < -0.39 is 11.5 Å². The van der Waals surface area contributed by atoms with Gasteiger partial charge in [-0.3, -0.25) is 4.79 Å². The molecule has 7 heteroatoms. The Bertz CT molecular complexity index is 585. The number of carbonyl (C=O) groups excluding carboxylic acids is 1. The van der Waals surface area contributed by atoms with Crippen molar-refractivity contribution in [3.8, 4) is 11.5 Å². The van der Waals surface area contributed by atoms with Gasteiger partial charge in [0.25, 0.3) is 0 Å². The number of ether oxygens (including phenoxy) is 2. The van der Waals surface area contributed by atoms with Gasteiger partial charge in [-0.05, 0) is 31.5 Å². The van der Waals surface area contributed by atoms with Crippen molar-refractivity contribution in [2.45, 2.75) is 25.8 Å². The van der Waals surface area contributed by atoms with Gasteiger partial charge in [-0.15, -0.1) is 0 Å². The van der Waals surface area contributed by atoms with E-state index in [1.807, 2.05) is 0 Å². The number of halogens is 1. The molecule has 0 saturated heterocycles. The molecule has 0 aliphatic carbocycles. The third-order valence-corrected chi connectivity index (χ3v) is 3.79. The summed E-state index contributed by atoms with van der Waals surface area (Å²) in [5.74, 6) is -0.246. The summed E-state index contributed by atoms with van der Waals surface area (Å²) in [6, 6.07) is 3.48. The number of carboxylic acid groups (broad SMARTS) is 1. The zero-order valence-electron chi connectivity index (χ0n) is 11.7. The molecule has 0 spiro atoms. The smallest absolute Gasteiger partial charge is 0.328 e. The first-order chi connectivity index (χ1) is 9.79. The Morgan fingerprint density at radius 3 is 2.43 bits per heavy atom. The normalized spacial score (nSPS) is 13.7. The molecule has 1 aromatic carbocycles. The van der Waals surface area contributed by atoms with Crippen molar-refractivity contribution in [2.75, 3.05) is 13.2 Å². The molecule has 0 saturated carbocycles. The first-order valence-electron chi connectivity index (χ1n) is 6.42. The van der Waals surface area contributed by atoms with Crippen molar-refractivity contribution in [1.29, 1.82) is 0 Å². The average molecular weight is 358 g/mol. The van der Waals surface area contributed by atoms with Crippen molar-refractivity contribution in [3.63, 3.8) is 0 Å². The van der Waals surface area contributed by atoms with Crippen LogP contribution < -0.4 is 14.8 Å². The van der Waals surface area contributed by atoms with Crippen LogP contribution in [0.3, 0.4) is 0 Å². The summed E-state index contributed by atoms with van der Waals surface area (Å²) in [7, 11) is 0. The van der Waals surface area contributed by atoms with Gasteiger partial charge < -0.3 is 19.9 Å². The van der Waals surface area contributed by atoms with E-state index in [9.17, 15) is 9.59 Å². The predicted octanol–water partition coefficient (Wildman–Crippen LogP) is 1.74. The molecule has 1 aliphatic rings. The summed E-state index contributed by atoms with van der Waals surface area (Å²) >= 11 is 3.38. The number of nitrogens with one attached hydrogen (secondary N) is 1. The van der Waals surface area contributed by atoms with Gasteiger partial charge in [0.1, 0.15) is 18.8 Å². The van der Waals surface area contributed by atoms with Crippen LogP contribution in [0.4, 0.5) is 0 Å². The van der Waals surface area contributed by atoms with Crippen molar-refractivity contribution in [1.82, 2.24) is 5.32 Å². The number of carboxylic acids is 1. The van der Waals surface area contributed by atoms with Crippen molar-refractivity contribution in [3.05, 3.63) is 22.2 Å². The zero-order valence-corrected chi connectivity index (χ0v) is 13.3. The summed E-state index contributed by atoms with van der Waals surface area (Å²) in [4.78, 5) is 23.0. The van der Waals surface area contributed by atoms with E-state index in [-0.39, 0.29) is 12.3 Å². The van der Waals surface area contributed by atoms with Crippen LogP contribution in [-0.2, 0) is 16.0 Å². The number of carbonyl (C=O) groups is 2. The van der Waals surface area contributed by atoms with Crippen LogP contribution in [-0.4, -0.2) is 35.7 Å².